The van der Waals surface area contributed by atoms with E-state index in [1.165, 1.54) is 24.3 Å². The lowest BCUT2D eigenvalue weighted by Crippen LogP contribution is -2.48. The summed E-state index contributed by atoms with van der Waals surface area (Å²) in [5, 5.41) is 12.0. The highest BCUT2D eigenvalue weighted by atomic mass is 35.5. The van der Waals surface area contributed by atoms with Crippen LogP contribution in [-0.4, -0.2) is 48.4 Å². The number of amides is 1. The monoisotopic (exact) mass is 502 g/mol. The standard InChI is InChI=1S/C23H26Cl2F2N2O4/c24-19-5-3-17(11-21(19)26)32-13-16(30)2-1-15-7-9-29(10-8-15)28-23(31)14-33-18-4-6-20(25)22(27)12-18/h3-6,11-12,15-16,30H,1-2,7-10,13-14H2,(H,28,31)/t16-/m0/s1. The quantitative estimate of drug-likeness (QED) is 0.496. The van der Waals surface area contributed by atoms with Gasteiger partial charge in [-0.05, 0) is 55.9 Å². The molecular formula is C23H26Cl2F2N2O4. The van der Waals surface area contributed by atoms with Gasteiger partial charge >= 0.3 is 0 Å². The predicted molar refractivity (Wildman–Crippen MR) is 121 cm³/mol. The summed E-state index contributed by atoms with van der Waals surface area (Å²) in [4.78, 5) is 12.1. The number of halogens is 4. The average Bonchev–Trinajstić information content (AvgIpc) is 2.80. The van der Waals surface area contributed by atoms with Crippen molar-refractivity contribution in [1.82, 2.24) is 10.4 Å². The number of benzene rings is 2. The van der Waals surface area contributed by atoms with Gasteiger partial charge in [-0.1, -0.05) is 23.2 Å². The Labute approximate surface area is 201 Å². The Balaban J connectivity index is 1.29. The Morgan fingerprint density at radius 2 is 1.64 bits per heavy atom. The number of hydrazine groups is 1. The van der Waals surface area contributed by atoms with Crippen molar-refractivity contribution in [2.75, 3.05) is 26.3 Å². The van der Waals surface area contributed by atoms with Crippen LogP contribution in [0.1, 0.15) is 25.7 Å². The lowest BCUT2D eigenvalue weighted by atomic mass is 9.92. The predicted octanol–water partition coefficient (Wildman–Crippen LogP) is 4.61. The Hall–Kier alpha value is -2.13. The van der Waals surface area contributed by atoms with Crippen LogP contribution < -0.4 is 14.9 Å². The highest BCUT2D eigenvalue weighted by molar-refractivity contribution is 6.31. The molecule has 0 radical (unpaired) electrons. The summed E-state index contributed by atoms with van der Waals surface area (Å²) in [6.45, 7) is 1.21. The fraction of sp³-hybridized carbons (Fsp3) is 0.435. The summed E-state index contributed by atoms with van der Waals surface area (Å²) in [6, 6.07) is 8.16. The number of carbonyl (C=O) groups excluding carboxylic acids is 1. The molecule has 0 aliphatic carbocycles. The SMILES string of the molecule is O=C(COc1ccc(Cl)c(F)c1)NN1CCC(CC[C@H](O)COc2ccc(Cl)c(F)c2)CC1. The van der Waals surface area contributed by atoms with E-state index in [-0.39, 0.29) is 34.9 Å². The minimum atomic E-state index is -0.656. The number of ether oxygens (including phenoxy) is 2. The van der Waals surface area contributed by atoms with Crippen LogP contribution in [0.4, 0.5) is 8.78 Å². The minimum Gasteiger partial charge on any atom is -0.491 e. The van der Waals surface area contributed by atoms with Crippen molar-refractivity contribution in [2.45, 2.75) is 31.8 Å². The van der Waals surface area contributed by atoms with Gasteiger partial charge in [0.25, 0.3) is 5.91 Å². The number of aliphatic hydroxyl groups is 1. The lowest BCUT2D eigenvalue weighted by molar-refractivity contribution is -0.128. The second-order valence-electron chi connectivity index (χ2n) is 7.95. The number of nitrogens with zero attached hydrogens (tertiary/aromatic N) is 1. The average molecular weight is 503 g/mol. The molecule has 1 fully saturated rings. The zero-order valence-electron chi connectivity index (χ0n) is 17.9. The van der Waals surface area contributed by atoms with Crippen LogP contribution in [0.2, 0.25) is 10.0 Å². The number of aliphatic hydroxyl groups excluding tert-OH is 1. The van der Waals surface area contributed by atoms with Crippen molar-refractivity contribution in [1.29, 1.82) is 0 Å². The Bertz CT molecular complexity index is 943. The number of hydrogen-bond acceptors (Lipinski definition) is 5. The Kier molecular flexibility index (Phi) is 9.55. The van der Waals surface area contributed by atoms with E-state index in [9.17, 15) is 18.7 Å². The lowest BCUT2D eigenvalue weighted by Gasteiger charge is -2.32. The fourth-order valence-corrected chi connectivity index (χ4v) is 3.76. The van der Waals surface area contributed by atoms with Crippen molar-refractivity contribution in [3.63, 3.8) is 0 Å². The summed E-state index contributed by atoms with van der Waals surface area (Å²) < 4.78 is 37.6. The molecule has 1 atom stereocenters. The molecule has 0 bridgehead atoms. The maximum absolute atomic E-state index is 13.4. The summed E-state index contributed by atoms with van der Waals surface area (Å²) in [7, 11) is 0. The first-order valence-corrected chi connectivity index (χ1v) is 11.4. The van der Waals surface area contributed by atoms with Gasteiger partial charge in [-0.2, -0.15) is 0 Å². The van der Waals surface area contributed by atoms with Crippen molar-refractivity contribution in [3.8, 4) is 11.5 Å². The van der Waals surface area contributed by atoms with Gasteiger partial charge in [-0.15, -0.1) is 0 Å². The summed E-state index contributed by atoms with van der Waals surface area (Å²) >= 11 is 11.3. The second-order valence-corrected chi connectivity index (χ2v) is 8.76. The van der Waals surface area contributed by atoms with Gasteiger partial charge < -0.3 is 14.6 Å². The summed E-state index contributed by atoms with van der Waals surface area (Å²) in [6.07, 6.45) is 2.49. The first-order chi connectivity index (χ1) is 15.8. The first-order valence-electron chi connectivity index (χ1n) is 10.7. The molecule has 1 heterocycles. The number of carbonyl (C=O) groups is 1. The minimum absolute atomic E-state index is 0.00772. The first kappa shape index (κ1) is 25.5. The molecule has 1 saturated heterocycles. The zero-order valence-corrected chi connectivity index (χ0v) is 19.4. The van der Waals surface area contributed by atoms with Gasteiger partial charge in [-0.3, -0.25) is 10.2 Å². The molecule has 10 heteroatoms. The molecule has 1 amide bonds. The molecule has 0 unspecified atom stereocenters. The van der Waals surface area contributed by atoms with E-state index in [2.05, 4.69) is 5.43 Å². The number of rotatable bonds is 10. The van der Waals surface area contributed by atoms with E-state index in [0.29, 0.717) is 31.2 Å². The fourth-order valence-electron chi connectivity index (χ4n) is 3.53. The van der Waals surface area contributed by atoms with Gasteiger partial charge in [0.05, 0.1) is 16.1 Å². The van der Waals surface area contributed by atoms with E-state index >= 15 is 0 Å². The topological polar surface area (TPSA) is 71.0 Å². The molecule has 0 spiro atoms. The molecular weight excluding hydrogens is 477 g/mol. The number of nitrogens with one attached hydrogen (secondary N) is 1. The molecule has 180 valence electrons. The van der Waals surface area contributed by atoms with E-state index in [0.717, 1.165) is 25.3 Å². The van der Waals surface area contributed by atoms with E-state index in [1.54, 1.807) is 6.07 Å². The normalized spacial score (nSPS) is 15.8. The Morgan fingerprint density at radius 1 is 1.06 bits per heavy atom. The van der Waals surface area contributed by atoms with Crippen molar-refractivity contribution in [3.05, 3.63) is 58.1 Å². The third kappa shape index (κ3) is 8.30. The van der Waals surface area contributed by atoms with Crippen molar-refractivity contribution >= 4 is 29.1 Å². The van der Waals surface area contributed by atoms with Gasteiger partial charge in [0, 0.05) is 25.2 Å². The molecule has 2 aromatic rings. The second kappa shape index (κ2) is 12.4. The molecule has 2 aromatic carbocycles. The molecule has 3 rings (SSSR count). The third-order valence-electron chi connectivity index (χ3n) is 5.40. The summed E-state index contributed by atoms with van der Waals surface area (Å²) in [5.41, 5.74) is 2.79. The molecule has 1 aliphatic heterocycles. The van der Waals surface area contributed by atoms with Crippen LogP contribution in [0.15, 0.2) is 36.4 Å². The van der Waals surface area contributed by atoms with Crippen molar-refractivity contribution in [2.24, 2.45) is 5.92 Å². The largest absolute Gasteiger partial charge is 0.491 e. The van der Waals surface area contributed by atoms with Crippen LogP contribution >= 0.6 is 23.2 Å². The van der Waals surface area contributed by atoms with Crippen LogP contribution in [0.3, 0.4) is 0 Å². The Morgan fingerprint density at radius 3 is 2.21 bits per heavy atom. The van der Waals surface area contributed by atoms with Crippen LogP contribution in [-0.2, 0) is 4.79 Å². The molecule has 0 saturated carbocycles. The molecule has 0 aromatic heterocycles. The maximum Gasteiger partial charge on any atom is 0.272 e. The van der Waals surface area contributed by atoms with Gasteiger partial charge in [0.1, 0.15) is 29.7 Å². The van der Waals surface area contributed by atoms with E-state index in [4.69, 9.17) is 32.7 Å². The third-order valence-corrected chi connectivity index (χ3v) is 6.01. The van der Waals surface area contributed by atoms with Gasteiger partial charge in [-0.25, -0.2) is 13.8 Å². The van der Waals surface area contributed by atoms with Crippen LogP contribution in [0.25, 0.3) is 0 Å². The molecule has 2 N–H and O–H groups in total. The smallest absolute Gasteiger partial charge is 0.272 e. The maximum atomic E-state index is 13.4. The van der Waals surface area contributed by atoms with Crippen LogP contribution in [0, 0.1) is 17.6 Å². The summed E-state index contributed by atoms with van der Waals surface area (Å²) in [5.74, 6) is -0.510. The highest BCUT2D eigenvalue weighted by Crippen LogP contribution is 2.24. The molecule has 33 heavy (non-hydrogen) atoms. The van der Waals surface area contributed by atoms with E-state index < -0.39 is 17.7 Å². The number of piperidine rings is 1. The van der Waals surface area contributed by atoms with Gasteiger partial charge in [0.15, 0.2) is 6.61 Å². The zero-order chi connectivity index (χ0) is 23.8. The van der Waals surface area contributed by atoms with Gasteiger partial charge in [0.2, 0.25) is 0 Å². The van der Waals surface area contributed by atoms with Crippen LogP contribution in [0.5, 0.6) is 11.5 Å². The highest BCUT2D eigenvalue weighted by Gasteiger charge is 2.21. The molecule has 1 aliphatic rings. The van der Waals surface area contributed by atoms with Crippen molar-refractivity contribution < 1.29 is 28.2 Å². The van der Waals surface area contributed by atoms with E-state index in [1.807, 2.05) is 5.01 Å². The molecule has 6 nitrogen and oxygen atoms in total. The number of hydrogen-bond donors (Lipinski definition) is 2.